The maximum absolute atomic E-state index is 14.0. The Labute approximate surface area is 191 Å². The van der Waals surface area contributed by atoms with E-state index in [2.05, 4.69) is 15.7 Å². The van der Waals surface area contributed by atoms with Gasteiger partial charge in [-0.25, -0.2) is 15.4 Å². The Hall–Kier alpha value is -4.04. The van der Waals surface area contributed by atoms with E-state index in [1.54, 1.807) is 43.3 Å². The Kier molecular flexibility index (Phi) is 4.98. The topological polar surface area (TPSA) is 103 Å². The molecule has 11 heteroatoms. The average Bonchev–Trinajstić information content (AvgIpc) is 3.41. The van der Waals surface area contributed by atoms with Crippen molar-refractivity contribution < 1.29 is 27.1 Å². The molecule has 3 unspecified atom stereocenters. The summed E-state index contributed by atoms with van der Waals surface area (Å²) in [7, 11) is 1.42. The number of hydrogen-bond acceptors (Lipinski definition) is 7. The second kappa shape index (κ2) is 7.78. The molecule has 0 aliphatic carbocycles. The summed E-state index contributed by atoms with van der Waals surface area (Å²) in [4.78, 5) is 17.8. The van der Waals surface area contributed by atoms with Gasteiger partial charge in [-0.05, 0) is 24.6 Å². The van der Waals surface area contributed by atoms with Gasteiger partial charge in [-0.15, -0.1) is 0 Å². The fraction of sp³-hybridized carbons (Fsp3) is 0.261. The number of alkyl halides is 3. The third kappa shape index (κ3) is 3.26. The minimum atomic E-state index is -4.61. The molecule has 1 amide bonds. The van der Waals surface area contributed by atoms with Gasteiger partial charge in [0.15, 0.2) is 11.1 Å². The monoisotopic (exact) mass is 469 g/mol. The lowest BCUT2D eigenvalue weighted by Gasteiger charge is -2.34. The molecule has 1 fully saturated rings. The number of hydrazine groups is 1. The molecule has 2 aromatic carbocycles. The number of amides is 1. The highest BCUT2D eigenvalue weighted by atomic mass is 19.4. The Balaban J connectivity index is 1.61. The lowest BCUT2D eigenvalue weighted by Crippen LogP contribution is -2.54. The van der Waals surface area contributed by atoms with Gasteiger partial charge in [-0.3, -0.25) is 4.79 Å². The first kappa shape index (κ1) is 21.8. The number of fused-ring (bicyclic) bond motifs is 2. The summed E-state index contributed by atoms with van der Waals surface area (Å²) in [5.74, 6) is -1.61. The third-order valence-electron chi connectivity index (χ3n) is 6.03. The van der Waals surface area contributed by atoms with E-state index in [1.807, 2.05) is 6.07 Å². The highest BCUT2D eigenvalue weighted by molar-refractivity contribution is 6.20. The smallest absolute Gasteiger partial charge is 0.406 e. The molecule has 2 aliphatic rings. The maximum Gasteiger partial charge on any atom is 0.406 e. The Morgan fingerprint density at radius 2 is 1.94 bits per heavy atom. The summed E-state index contributed by atoms with van der Waals surface area (Å²) in [6, 6.07) is 11.3. The zero-order valence-corrected chi connectivity index (χ0v) is 18.0. The summed E-state index contributed by atoms with van der Waals surface area (Å²) < 4.78 is 52.9. The van der Waals surface area contributed by atoms with Crippen LogP contribution >= 0.6 is 0 Å². The third-order valence-corrected chi connectivity index (χ3v) is 6.03. The summed E-state index contributed by atoms with van der Waals surface area (Å²) in [6.45, 7) is 1.57. The van der Waals surface area contributed by atoms with Crippen LogP contribution in [-0.2, 0) is 4.79 Å². The largest absolute Gasteiger partial charge is 0.494 e. The van der Waals surface area contributed by atoms with Gasteiger partial charge < -0.3 is 14.5 Å². The maximum atomic E-state index is 14.0. The molecule has 1 aromatic heterocycles. The van der Waals surface area contributed by atoms with E-state index in [1.165, 1.54) is 13.2 Å². The zero-order valence-electron chi connectivity index (χ0n) is 18.0. The highest BCUT2D eigenvalue weighted by Crippen LogP contribution is 2.43. The lowest BCUT2D eigenvalue weighted by molar-refractivity contribution is -0.161. The van der Waals surface area contributed by atoms with Crippen LogP contribution in [0.4, 0.5) is 13.2 Å². The predicted molar refractivity (Wildman–Crippen MR) is 114 cm³/mol. The number of halogens is 3. The number of nitriles is 1. The van der Waals surface area contributed by atoms with Crippen molar-refractivity contribution in [1.82, 2.24) is 20.7 Å². The first-order valence-corrected chi connectivity index (χ1v) is 10.3. The minimum absolute atomic E-state index is 0.0412. The Morgan fingerprint density at radius 1 is 1.21 bits per heavy atom. The fourth-order valence-corrected chi connectivity index (χ4v) is 4.49. The Bertz CT molecular complexity index is 1360. The summed E-state index contributed by atoms with van der Waals surface area (Å²) in [5.41, 5.74) is 3.59. The van der Waals surface area contributed by atoms with Crippen LogP contribution in [0.15, 0.2) is 52.6 Å². The van der Waals surface area contributed by atoms with Crippen LogP contribution in [0.25, 0.3) is 16.7 Å². The van der Waals surface area contributed by atoms with Crippen molar-refractivity contribution in [2.45, 2.75) is 31.2 Å². The zero-order chi connectivity index (χ0) is 24.2. The second-order valence-corrected chi connectivity index (χ2v) is 7.97. The number of carbonyl (C=O) groups is 1. The molecular formula is C23H18F3N5O3. The van der Waals surface area contributed by atoms with Gasteiger partial charge in [-0.1, -0.05) is 30.3 Å². The van der Waals surface area contributed by atoms with Gasteiger partial charge in [-0.2, -0.15) is 18.4 Å². The van der Waals surface area contributed by atoms with Crippen molar-refractivity contribution in [2.75, 3.05) is 7.11 Å². The predicted octanol–water partition coefficient (Wildman–Crippen LogP) is 3.43. The number of nitrogens with zero attached hydrogens (tertiary/aromatic N) is 3. The average molecular weight is 469 g/mol. The van der Waals surface area contributed by atoms with Gasteiger partial charge in [0.2, 0.25) is 5.89 Å². The van der Waals surface area contributed by atoms with E-state index in [4.69, 9.17) is 9.15 Å². The number of rotatable bonds is 3. The van der Waals surface area contributed by atoms with Gasteiger partial charge >= 0.3 is 6.18 Å². The van der Waals surface area contributed by atoms with Crippen LogP contribution in [0.5, 0.6) is 5.75 Å². The molecule has 0 radical (unpaired) electrons. The highest BCUT2D eigenvalue weighted by Gasteiger charge is 2.58. The molecule has 3 atom stereocenters. The van der Waals surface area contributed by atoms with Crippen LogP contribution < -0.4 is 15.5 Å². The standard InChI is InChI=1S/C23H18F3N5O3/c1-11-15(21-29-17-14(33-2)9-8-13(10-27)18(17)34-21)22(32)31-20(28-11)16(12-6-4-3-5-7-12)19(30-31)23(24,25)26/h3-9,16,19-20,28,30H,1-2H3. The van der Waals surface area contributed by atoms with E-state index < -0.39 is 30.2 Å². The number of carbonyl (C=O) groups excluding carboxylic acids is 1. The summed E-state index contributed by atoms with van der Waals surface area (Å²) in [5, 5.41) is 13.4. The van der Waals surface area contributed by atoms with Crippen LogP contribution in [0.2, 0.25) is 0 Å². The van der Waals surface area contributed by atoms with E-state index in [9.17, 15) is 23.2 Å². The molecule has 2 N–H and O–H groups in total. The first-order valence-electron chi connectivity index (χ1n) is 10.3. The van der Waals surface area contributed by atoms with Crippen LogP contribution in [-0.4, -0.2) is 41.4 Å². The van der Waals surface area contributed by atoms with E-state index in [-0.39, 0.29) is 28.1 Å². The molecule has 3 aromatic rings. The molecule has 34 heavy (non-hydrogen) atoms. The van der Waals surface area contributed by atoms with Crippen molar-refractivity contribution >= 4 is 22.6 Å². The molecular weight excluding hydrogens is 451 g/mol. The van der Waals surface area contributed by atoms with Gasteiger partial charge in [0, 0.05) is 5.70 Å². The van der Waals surface area contributed by atoms with E-state index in [0.29, 0.717) is 17.0 Å². The van der Waals surface area contributed by atoms with E-state index >= 15 is 0 Å². The van der Waals surface area contributed by atoms with Crippen molar-refractivity contribution in [3.8, 4) is 11.8 Å². The summed E-state index contributed by atoms with van der Waals surface area (Å²) >= 11 is 0. The van der Waals surface area contributed by atoms with Gasteiger partial charge in [0.05, 0.1) is 18.6 Å². The molecule has 5 rings (SSSR count). The lowest BCUT2D eigenvalue weighted by atomic mass is 9.89. The molecule has 8 nitrogen and oxygen atoms in total. The molecule has 0 spiro atoms. The number of nitrogens with one attached hydrogen (secondary N) is 2. The minimum Gasteiger partial charge on any atom is -0.494 e. The summed E-state index contributed by atoms with van der Waals surface area (Å²) in [6.07, 6.45) is -5.60. The Morgan fingerprint density at radius 3 is 2.59 bits per heavy atom. The molecule has 0 bridgehead atoms. The van der Waals surface area contributed by atoms with Crippen molar-refractivity contribution in [1.29, 1.82) is 5.26 Å². The van der Waals surface area contributed by atoms with E-state index in [0.717, 1.165) is 5.01 Å². The first-order chi connectivity index (χ1) is 16.2. The molecule has 2 aliphatic heterocycles. The number of oxazole rings is 1. The van der Waals surface area contributed by atoms with Crippen LogP contribution in [0.3, 0.4) is 0 Å². The van der Waals surface area contributed by atoms with Crippen molar-refractivity contribution in [3.05, 3.63) is 65.2 Å². The molecule has 174 valence electrons. The van der Waals surface area contributed by atoms with Gasteiger partial charge in [0.25, 0.3) is 5.91 Å². The van der Waals surface area contributed by atoms with Crippen LogP contribution in [0.1, 0.15) is 29.9 Å². The second-order valence-electron chi connectivity index (χ2n) is 7.97. The number of hydrogen-bond donors (Lipinski definition) is 2. The molecule has 0 saturated carbocycles. The number of methoxy groups -OCH3 is 1. The van der Waals surface area contributed by atoms with Gasteiger partial charge in [0.1, 0.15) is 29.6 Å². The quantitative estimate of drug-likeness (QED) is 0.606. The fourth-order valence-electron chi connectivity index (χ4n) is 4.49. The molecule has 3 heterocycles. The SMILES string of the molecule is COc1ccc(C#N)c2oc(C3=C(C)NC4C(c5ccccc5)C(C(F)(F)F)NN4C3=O)nc12. The van der Waals surface area contributed by atoms with Crippen molar-refractivity contribution in [3.63, 3.8) is 0 Å². The normalized spacial score (nSPS) is 22.5. The number of benzene rings is 2. The molecule has 1 saturated heterocycles. The number of ether oxygens (including phenoxy) is 1. The number of allylic oxidation sites excluding steroid dienone is 1. The number of aromatic nitrogens is 1. The van der Waals surface area contributed by atoms with Crippen LogP contribution in [0, 0.1) is 11.3 Å². The van der Waals surface area contributed by atoms with Crippen molar-refractivity contribution in [2.24, 2.45) is 0 Å².